The Kier molecular flexibility index (Phi) is 6.35. The number of aryl methyl sites for hydroxylation is 1. The van der Waals surface area contributed by atoms with Crippen LogP contribution in [-0.2, 0) is 37.6 Å². The third kappa shape index (κ3) is 4.42. The Balaban J connectivity index is 1.40. The molecule has 214 valence electrons. The summed E-state index contributed by atoms with van der Waals surface area (Å²) in [5.41, 5.74) is -0.0736. The normalized spacial score (nSPS) is 26.9. The molecular formula is C25H24F3N3O6S3. The van der Waals surface area contributed by atoms with Crippen molar-refractivity contribution >= 4 is 47.9 Å². The van der Waals surface area contributed by atoms with Gasteiger partial charge in [-0.2, -0.15) is 8.42 Å². The first kappa shape index (κ1) is 27.3. The summed E-state index contributed by atoms with van der Waals surface area (Å²) in [4.78, 5) is 15.1. The van der Waals surface area contributed by atoms with E-state index in [0.717, 1.165) is 49.0 Å². The number of hydrogen-bond donors (Lipinski definition) is 2. The second-order valence-electron chi connectivity index (χ2n) is 10.8. The fourth-order valence-electron chi connectivity index (χ4n) is 6.57. The first-order valence-electron chi connectivity index (χ1n) is 12.5. The van der Waals surface area contributed by atoms with E-state index in [1.165, 1.54) is 10.3 Å². The van der Waals surface area contributed by atoms with Crippen LogP contribution in [0.4, 0.5) is 18.2 Å². The highest BCUT2D eigenvalue weighted by molar-refractivity contribution is 7.91. The number of carbonyl (C=O) groups is 1. The number of anilines is 1. The van der Waals surface area contributed by atoms with Crippen molar-refractivity contribution in [1.29, 1.82) is 0 Å². The Morgan fingerprint density at radius 1 is 1.18 bits per heavy atom. The fraction of sp³-hybridized carbons (Fsp3) is 0.440. The fourth-order valence-corrected chi connectivity index (χ4v) is 9.83. The van der Waals surface area contributed by atoms with Gasteiger partial charge in [-0.25, -0.2) is 21.6 Å². The molecule has 2 aliphatic heterocycles. The molecule has 2 aliphatic carbocycles. The van der Waals surface area contributed by atoms with Crippen molar-refractivity contribution in [3.8, 4) is 0 Å². The van der Waals surface area contributed by atoms with Crippen molar-refractivity contribution in [3.63, 3.8) is 0 Å². The number of thiophene rings is 1. The summed E-state index contributed by atoms with van der Waals surface area (Å²) >= 11 is 1.00. The lowest BCUT2D eigenvalue weighted by atomic mass is 9.77. The maximum absolute atomic E-state index is 14.0. The van der Waals surface area contributed by atoms with Crippen molar-refractivity contribution in [2.75, 3.05) is 17.3 Å². The summed E-state index contributed by atoms with van der Waals surface area (Å²) in [5.74, 6) is -6.60. The predicted molar refractivity (Wildman–Crippen MR) is 141 cm³/mol. The lowest BCUT2D eigenvalue weighted by Crippen LogP contribution is -2.53. The number of aliphatic hydroxyl groups excluding tert-OH is 1. The average molecular weight is 616 g/mol. The number of nitrogens with zero attached hydrogens (tertiary/aromatic N) is 2. The zero-order chi connectivity index (χ0) is 28.7. The van der Waals surface area contributed by atoms with Crippen LogP contribution in [0.15, 0.2) is 38.1 Å². The molecule has 0 spiro atoms. The number of aliphatic hydroxyl groups is 1. The van der Waals surface area contributed by atoms with Crippen LogP contribution in [0.3, 0.4) is 0 Å². The molecule has 4 unspecified atom stereocenters. The van der Waals surface area contributed by atoms with Crippen molar-refractivity contribution in [3.05, 3.63) is 57.4 Å². The zero-order valence-corrected chi connectivity index (χ0v) is 23.5. The molecule has 2 fully saturated rings. The molecule has 0 radical (unpaired) electrons. The number of halogens is 3. The summed E-state index contributed by atoms with van der Waals surface area (Å²) in [5, 5.41) is 15.8. The summed E-state index contributed by atoms with van der Waals surface area (Å²) in [7, 11) is -7.75. The van der Waals surface area contributed by atoms with Gasteiger partial charge in [-0.15, -0.1) is 15.7 Å². The van der Waals surface area contributed by atoms with Crippen LogP contribution in [0.25, 0.3) is 0 Å². The van der Waals surface area contributed by atoms with Gasteiger partial charge in [-0.1, -0.05) is 0 Å². The first-order chi connectivity index (χ1) is 18.7. The molecule has 15 heteroatoms. The number of amides is 1. The Bertz CT molecular complexity index is 1710. The van der Waals surface area contributed by atoms with Crippen LogP contribution in [0, 0.1) is 35.2 Å². The van der Waals surface area contributed by atoms with Crippen LogP contribution < -0.4 is 5.32 Å². The molecule has 9 nitrogen and oxygen atoms in total. The number of carbonyl (C=O) groups excluding carboxylic acids is 1. The zero-order valence-electron chi connectivity index (χ0n) is 21.0. The van der Waals surface area contributed by atoms with Crippen LogP contribution in [0.1, 0.15) is 30.4 Å². The molecule has 2 saturated carbocycles. The Morgan fingerprint density at radius 2 is 1.85 bits per heavy atom. The summed E-state index contributed by atoms with van der Waals surface area (Å²) in [6.45, 7) is -0.284. The van der Waals surface area contributed by atoms with E-state index in [4.69, 9.17) is 0 Å². The second-order valence-corrected chi connectivity index (χ2v) is 15.4. The quantitative estimate of drug-likeness (QED) is 0.475. The maximum atomic E-state index is 14.0. The highest BCUT2D eigenvalue weighted by Gasteiger charge is 2.57. The van der Waals surface area contributed by atoms with Gasteiger partial charge in [0.2, 0.25) is 0 Å². The average Bonchev–Trinajstić information content (AvgIpc) is 3.58. The molecule has 0 saturated heterocycles. The number of fused-ring (bicyclic) bond motifs is 6. The van der Waals surface area contributed by atoms with Gasteiger partial charge < -0.3 is 15.3 Å². The number of hydrogen-bond acceptors (Lipinski definition) is 8. The molecule has 2 N–H and O–H groups in total. The van der Waals surface area contributed by atoms with E-state index in [-0.39, 0.29) is 68.7 Å². The Morgan fingerprint density at radius 3 is 2.52 bits per heavy atom. The third-order valence-corrected chi connectivity index (χ3v) is 11.6. The van der Waals surface area contributed by atoms with E-state index in [2.05, 4.69) is 9.71 Å². The summed E-state index contributed by atoms with van der Waals surface area (Å²) < 4.78 is 95.1. The standard InChI is InChI=1S/C25H24F3N3O6S3/c1-39(34,35)5-4-14-10-38-24-22(14)40(36,37)30-23(29-24)18-21(32)17-12-2-3-13(8-12)20(17)31(25(18)33)9-11-6-15(26)19(28)16(27)7-11/h6-7,10,12-13,17,20,32H,2-5,8-9H2,1H3,(H,29,30). The van der Waals surface area contributed by atoms with E-state index in [9.17, 15) is 39.9 Å². The second kappa shape index (κ2) is 9.31. The topological polar surface area (TPSA) is 133 Å². The van der Waals surface area contributed by atoms with E-state index >= 15 is 0 Å². The monoisotopic (exact) mass is 615 g/mol. The number of rotatable bonds is 6. The minimum Gasteiger partial charge on any atom is -0.511 e. The Labute approximate surface area is 232 Å². The molecule has 4 aliphatic rings. The minimum atomic E-state index is -4.38. The number of benzene rings is 1. The Hall–Kier alpha value is -2.91. The van der Waals surface area contributed by atoms with Gasteiger partial charge in [0.15, 0.2) is 23.3 Å². The van der Waals surface area contributed by atoms with Crippen LogP contribution in [-0.4, -0.2) is 56.6 Å². The number of sulfone groups is 1. The van der Waals surface area contributed by atoms with Crippen LogP contribution >= 0.6 is 11.3 Å². The number of sulfonamides is 1. The highest BCUT2D eigenvalue weighted by atomic mass is 32.2. The molecular weight excluding hydrogens is 591 g/mol. The highest BCUT2D eigenvalue weighted by Crippen LogP contribution is 2.55. The van der Waals surface area contributed by atoms with Crippen molar-refractivity contribution in [2.45, 2.75) is 43.2 Å². The van der Waals surface area contributed by atoms with E-state index < -0.39 is 55.2 Å². The van der Waals surface area contributed by atoms with Gasteiger partial charge in [-0.3, -0.25) is 4.79 Å². The molecule has 40 heavy (non-hydrogen) atoms. The predicted octanol–water partition coefficient (Wildman–Crippen LogP) is 3.53. The minimum absolute atomic E-state index is 0.00855. The van der Waals surface area contributed by atoms with Gasteiger partial charge in [-0.05, 0) is 66.2 Å². The smallest absolute Gasteiger partial charge is 0.287 e. The van der Waals surface area contributed by atoms with Crippen LogP contribution in [0.5, 0.6) is 0 Å². The van der Waals surface area contributed by atoms with Gasteiger partial charge in [0.05, 0.1) is 5.75 Å². The third-order valence-electron chi connectivity index (χ3n) is 8.17. The molecule has 1 aromatic heterocycles. The summed E-state index contributed by atoms with van der Waals surface area (Å²) in [6.07, 6.45) is 3.31. The molecule has 6 rings (SSSR count). The maximum Gasteiger partial charge on any atom is 0.287 e. The van der Waals surface area contributed by atoms with Crippen LogP contribution in [0.2, 0.25) is 0 Å². The molecule has 1 aromatic carbocycles. The van der Waals surface area contributed by atoms with Gasteiger partial charge >= 0.3 is 0 Å². The van der Waals surface area contributed by atoms with Crippen molar-refractivity contribution < 1.29 is 39.9 Å². The van der Waals surface area contributed by atoms with E-state index in [1.807, 2.05) is 0 Å². The van der Waals surface area contributed by atoms with Gasteiger partial charge in [0.1, 0.15) is 31.1 Å². The van der Waals surface area contributed by atoms with E-state index in [0.29, 0.717) is 0 Å². The molecule has 2 aromatic rings. The SMILES string of the molecule is CS(=O)(=O)CCc1csc2c1S(=O)(=O)N=C(C1=C(O)C3C4CCC(C4)C3N(Cc3cc(F)c(F)c(F)c3)C1=O)N2. The molecule has 1 amide bonds. The number of amidine groups is 1. The molecule has 2 bridgehead atoms. The van der Waals surface area contributed by atoms with Gasteiger partial charge in [0.25, 0.3) is 15.9 Å². The lowest BCUT2D eigenvalue weighted by molar-refractivity contribution is -0.134. The van der Waals surface area contributed by atoms with Crippen molar-refractivity contribution in [1.82, 2.24) is 4.90 Å². The van der Waals surface area contributed by atoms with E-state index in [1.54, 1.807) is 0 Å². The largest absolute Gasteiger partial charge is 0.511 e. The number of nitrogens with one attached hydrogen (secondary N) is 1. The molecule has 3 heterocycles. The van der Waals surface area contributed by atoms with Crippen molar-refractivity contribution in [2.24, 2.45) is 22.2 Å². The first-order valence-corrected chi connectivity index (χ1v) is 16.9. The molecule has 4 atom stereocenters. The summed E-state index contributed by atoms with van der Waals surface area (Å²) in [6, 6.07) is 1.14. The lowest BCUT2D eigenvalue weighted by Gasteiger charge is -2.44. The van der Waals surface area contributed by atoms with Gasteiger partial charge in [0, 0.05) is 24.8 Å².